The molecule has 3 aliphatic rings. The fourth-order valence-corrected chi connectivity index (χ4v) is 5.72. The van der Waals surface area contributed by atoms with Crippen LogP contribution < -0.4 is 0 Å². The molecule has 8 heteroatoms. The van der Waals surface area contributed by atoms with Crippen LogP contribution in [0.5, 0.6) is 0 Å². The maximum absolute atomic E-state index is 13.8. The van der Waals surface area contributed by atoms with Crippen LogP contribution in [0.2, 0.25) is 5.02 Å². The second-order valence-corrected chi connectivity index (χ2v) is 9.70. The molecule has 35 heavy (non-hydrogen) atoms. The van der Waals surface area contributed by atoms with Gasteiger partial charge in [0.25, 0.3) is 0 Å². The molecule has 180 valence electrons. The first-order chi connectivity index (χ1) is 16.8. The highest BCUT2D eigenvalue weighted by Gasteiger charge is 2.58. The largest absolute Gasteiger partial charge is 0.327 e. The first kappa shape index (κ1) is 23.3. The lowest BCUT2D eigenvalue weighted by atomic mass is 9.72. The van der Waals surface area contributed by atoms with Gasteiger partial charge in [0.05, 0.1) is 11.6 Å². The molecule has 2 aromatic rings. The van der Waals surface area contributed by atoms with E-state index in [9.17, 15) is 19.2 Å². The van der Waals surface area contributed by atoms with Crippen LogP contribution in [0.25, 0.3) is 5.70 Å². The van der Waals surface area contributed by atoms with E-state index in [1.165, 1.54) is 11.9 Å². The normalized spacial score (nSPS) is 23.5. The van der Waals surface area contributed by atoms with Crippen LogP contribution in [0, 0.1) is 5.92 Å². The van der Waals surface area contributed by atoms with E-state index in [0.29, 0.717) is 33.8 Å². The lowest BCUT2D eigenvalue weighted by Gasteiger charge is -2.52. The van der Waals surface area contributed by atoms with Crippen molar-refractivity contribution in [2.24, 2.45) is 5.92 Å². The van der Waals surface area contributed by atoms with Crippen LogP contribution in [-0.2, 0) is 9.59 Å². The summed E-state index contributed by atoms with van der Waals surface area (Å²) in [5.74, 6) is -2.30. The van der Waals surface area contributed by atoms with Gasteiger partial charge in [0.15, 0.2) is 5.78 Å². The summed E-state index contributed by atoms with van der Waals surface area (Å²) in [6, 6.07) is 13.8. The van der Waals surface area contributed by atoms with Gasteiger partial charge < -0.3 is 4.90 Å². The average molecular weight is 492 g/mol. The Balaban J connectivity index is 1.81. The number of allylic oxidation sites excluding steroid dienone is 1. The highest BCUT2D eigenvalue weighted by Crippen LogP contribution is 2.53. The van der Waals surface area contributed by atoms with E-state index in [-0.39, 0.29) is 18.1 Å². The molecule has 0 saturated carbocycles. The van der Waals surface area contributed by atoms with Crippen LogP contribution in [0.1, 0.15) is 53.6 Å². The van der Waals surface area contributed by atoms with Gasteiger partial charge in [-0.2, -0.15) is 0 Å². The molecule has 1 aliphatic carbocycles. The van der Waals surface area contributed by atoms with Gasteiger partial charge in [0.2, 0.25) is 11.8 Å². The molecular formula is C27H26ClN3O4. The number of benzene rings is 2. The number of ketones is 1. The lowest BCUT2D eigenvalue weighted by molar-refractivity contribution is -0.147. The van der Waals surface area contributed by atoms with Gasteiger partial charge in [-0.3, -0.25) is 24.2 Å². The van der Waals surface area contributed by atoms with Crippen LogP contribution in [-0.4, -0.2) is 58.6 Å². The van der Waals surface area contributed by atoms with E-state index in [4.69, 9.17) is 11.6 Å². The van der Waals surface area contributed by atoms with E-state index in [2.05, 4.69) is 0 Å². The molecule has 5 rings (SSSR count). The highest BCUT2D eigenvalue weighted by atomic mass is 35.5. The number of urea groups is 1. The maximum atomic E-state index is 13.8. The second-order valence-electron chi connectivity index (χ2n) is 9.26. The lowest BCUT2D eigenvalue weighted by Crippen LogP contribution is -2.67. The van der Waals surface area contributed by atoms with Gasteiger partial charge in [0, 0.05) is 48.2 Å². The Hall–Kier alpha value is -3.45. The van der Waals surface area contributed by atoms with Crippen molar-refractivity contribution in [3.05, 3.63) is 75.8 Å². The van der Waals surface area contributed by atoms with Crippen molar-refractivity contribution in [3.63, 3.8) is 0 Å². The molecule has 0 radical (unpaired) electrons. The molecule has 4 amide bonds. The first-order valence-electron chi connectivity index (χ1n) is 11.8. The molecule has 0 spiro atoms. The van der Waals surface area contributed by atoms with Crippen molar-refractivity contribution >= 4 is 40.9 Å². The Labute approximate surface area is 208 Å². The van der Waals surface area contributed by atoms with E-state index in [1.807, 2.05) is 31.2 Å². The van der Waals surface area contributed by atoms with E-state index in [0.717, 1.165) is 16.9 Å². The van der Waals surface area contributed by atoms with Crippen molar-refractivity contribution in [1.29, 1.82) is 0 Å². The van der Waals surface area contributed by atoms with Crippen LogP contribution in [0.4, 0.5) is 4.79 Å². The number of amides is 4. The topological polar surface area (TPSA) is 78.0 Å². The number of rotatable bonds is 4. The van der Waals surface area contributed by atoms with Crippen molar-refractivity contribution < 1.29 is 19.2 Å². The quantitative estimate of drug-likeness (QED) is 0.629. The number of Topliss-reactive ketones (excluding diaryl/α,β-unsaturated/α-hetero) is 1. The Morgan fingerprint density at radius 3 is 2.29 bits per heavy atom. The summed E-state index contributed by atoms with van der Waals surface area (Å²) in [4.78, 5) is 58.4. The molecule has 0 bridgehead atoms. The molecule has 3 unspecified atom stereocenters. The first-order valence-corrected chi connectivity index (χ1v) is 12.2. The molecule has 7 nitrogen and oxygen atoms in total. The molecule has 1 saturated heterocycles. The summed E-state index contributed by atoms with van der Waals surface area (Å²) in [6.07, 6.45) is 0.884. The number of halogens is 1. The van der Waals surface area contributed by atoms with Gasteiger partial charge in [-0.05, 0) is 24.1 Å². The predicted octanol–water partition coefficient (Wildman–Crippen LogP) is 4.53. The molecule has 3 atom stereocenters. The van der Waals surface area contributed by atoms with Crippen LogP contribution in [0.15, 0.2) is 54.1 Å². The summed E-state index contributed by atoms with van der Waals surface area (Å²) in [5.41, 5.74) is 2.82. The van der Waals surface area contributed by atoms with E-state index < -0.39 is 29.9 Å². The zero-order valence-electron chi connectivity index (χ0n) is 19.8. The monoisotopic (exact) mass is 491 g/mol. The Bertz CT molecular complexity index is 1290. The third-order valence-electron chi connectivity index (χ3n) is 7.27. The molecule has 0 aromatic heterocycles. The fraction of sp³-hybridized carbons (Fsp3) is 0.333. The molecular weight excluding hydrogens is 466 g/mol. The molecule has 0 N–H and O–H groups in total. The number of fused-ring (bicyclic) bond motifs is 3. The number of imide groups is 1. The van der Waals surface area contributed by atoms with Crippen molar-refractivity contribution in [2.75, 3.05) is 14.1 Å². The fourth-order valence-electron chi connectivity index (χ4n) is 5.59. The van der Waals surface area contributed by atoms with Gasteiger partial charge in [-0.1, -0.05) is 61.3 Å². The van der Waals surface area contributed by atoms with Gasteiger partial charge in [-0.25, -0.2) is 4.79 Å². The van der Waals surface area contributed by atoms with Gasteiger partial charge in [0.1, 0.15) is 6.17 Å². The number of unbranched alkanes of at least 4 members (excludes halogenated alkanes) is 1. The third kappa shape index (κ3) is 3.40. The summed E-state index contributed by atoms with van der Waals surface area (Å²) in [6.45, 7) is 2.00. The van der Waals surface area contributed by atoms with Crippen molar-refractivity contribution in [1.82, 2.24) is 14.7 Å². The zero-order chi connectivity index (χ0) is 25.0. The number of hydrogen-bond acceptors (Lipinski definition) is 4. The van der Waals surface area contributed by atoms with E-state index in [1.54, 1.807) is 36.2 Å². The SMILES string of the molecule is CCCCC(=O)N1C2=C(C(=O)c3ccccc32)C(c2ccc(Cl)cc2)C2C(=O)N(C)C(=O)N(C)C21. The maximum Gasteiger partial charge on any atom is 0.327 e. The minimum absolute atomic E-state index is 0.197. The average Bonchev–Trinajstić information content (AvgIpc) is 3.16. The Kier molecular flexibility index (Phi) is 5.75. The molecule has 2 aromatic carbocycles. The number of carbonyl (C=O) groups excluding carboxylic acids is 4. The molecule has 1 fully saturated rings. The third-order valence-corrected chi connectivity index (χ3v) is 7.52. The highest BCUT2D eigenvalue weighted by molar-refractivity contribution is 6.30. The summed E-state index contributed by atoms with van der Waals surface area (Å²) < 4.78 is 0. The molecule has 2 heterocycles. The zero-order valence-corrected chi connectivity index (χ0v) is 20.6. The van der Waals surface area contributed by atoms with Crippen LogP contribution in [0.3, 0.4) is 0 Å². The van der Waals surface area contributed by atoms with Crippen LogP contribution >= 0.6 is 11.6 Å². The summed E-state index contributed by atoms with van der Waals surface area (Å²) in [7, 11) is 3.05. The summed E-state index contributed by atoms with van der Waals surface area (Å²) >= 11 is 6.15. The molecule has 2 aliphatic heterocycles. The second kappa shape index (κ2) is 8.64. The van der Waals surface area contributed by atoms with Gasteiger partial charge in [-0.15, -0.1) is 0 Å². The standard InChI is InChI=1S/C27H26ClN3O4/c1-4-5-10-19(32)31-23-17-8-6-7-9-18(17)24(33)21(23)20(15-11-13-16(28)14-12-15)22-25(31)29(2)27(35)30(3)26(22)34/h6-9,11-14,20,22,25H,4-5,10H2,1-3H3. The number of hydrogen-bond donors (Lipinski definition) is 0. The number of nitrogens with zero attached hydrogens (tertiary/aromatic N) is 3. The Morgan fingerprint density at radius 2 is 1.63 bits per heavy atom. The minimum Gasteiger partial charge on any atom is -0.306 e. The Morgan fingerprint density at radius 1 is 0.971 bits per heavy atom. The predicted molar refractivity (Wildman–Crippen MR) is 131 cm³/mol. The number of carbonyl (C=O) groups is 4. The van der Waals surface area contributed by atoms with Crippen molar-refractivity contribution in [3.8, 4) is 0 Å². The van der Waals surface area contributed by atoms with E-state index >= 15 is 0 Å². The minimum atomic E-state index is -0.853. The van der Waals surface area contributed by atoms with Crippen molar-refractivity contribution in [2.45, 2.75) is 38.3 Å². The smallest absolute Gasteiger partial charge is 0.306 e. The van der Waals surface area contributed by atoms with Gasteiger partial charge >= 0.3 is 6.03 Å². The summed E-state index contributed by atoms with van der Waals surface area (Å²) in [5, 5.41) is 0.534.